The molecule has 0 aromatic carbocycles. The number of esters is 1. The summed E-state index contributed by atoms with van der Waals surface area (Å²) in [6, 6.07) is 0. The molecule has 1 amide bonds. The number of alkyl carbamates (subject to hydrolysis) is 1. The van der Waals surface area contributed by atoms with E-state index < -0.39 is 12.1 Å². The Morgan fingerprint density at radius 1 is 1.22 bits per heavy atom. The Hall–Kier alpha value is -1.52. The SMILES string of the molecule is C=CC(=O)OCCOC(=O)NCCCC1CC(C)C2CCCC12. The van der Waals surface area contributed by atoms with Crippen molar-refractivity contribution in [2.45, 2.75) is 45.4 Å². The van der Waals surface area contributed by atoms with Gasteiger partial charge in [-0.05, 0) is 55.8 Å². The Labute approximate surface area is 138 Å². The molecule has 130 valence electrons. The first-order chi connectivity index (χ1) is 11.1. The van der Waals surface area contributed by atoms with Crippen molar-refractivity contribution in [3.63, 3.8) is 0 Å². The molecule has 5 nitrogen and oxygen atoms in total. The molecule has 0 aromatic rings. The molecule has 4 unspecified atom stereocenters. The number of rotatable bonds is 8. The molecule has 2 aliphatic carbocycles. The lowest BCUT2D eigenvalue weighted by molar-refractivity contribution is -0.138. The van der Waals surface area contributed by atoms with E-state index in [0.29, 0.717) is 6.54 Å². The second-order valence-electron chi connectivity index (χ2n) is 6.81. The van der Waals surface area contributed by atoms with Gasteiger partial charge in [-0.3, -0.25) is 0 Å². The van der Waals surface area contributed by atoms with E-state index in [1.807, 2.05) is 0 Å². The predicted octanol–water partition coefficient (Wildman–Crippen LogP) is 3.29. The second kappa shape index (κ2) is 8.94. The Bertz CT molecular complexity index is 423. The minimum Gasteiger partial charge on any atom is -0.459 e. The van der Waals surface area contributed by atoms with E-state index >= 15 is 0 Å². The maximum Gasteiger partial charge on any atom is 0.407 e. The molecule has 0 aliphatic heterocycles. The van der Waals surface area contributed by atoms with Gasteiger partial charge in [-0.1, -0.05) is 19.9 Å². The summed E-state index contributed by atoms with van der Waals surface area (Å²) in [6.07, 6.45) is 8.41. The quantitative estimate of drug-likeness (QED) is 0.423. The average molecular weight is 323 g/mol. The third kappa shape index (κ3) is 5.26. The molecule has 2 saturated carbocycles. The first-order valence-electron chi connectivity index (χ1n) is 8.81. The van der Waals surface area contributed by atoms with Crippen LogP contribution < -0.4 is 5.32 Å². The molecule has 2 rings (SSSR count). The zero-order chi connectivity index (χ0) is 16.7. The molecule has 0 spiro atoms. The number of hydrogen-bond acceptors (Lipinski definition) is 4. The number of ether oxygens (including phenoxy) is 2. The molecule has 0 saturated heterocycles. The molecule has 0 bridgehead atoms. The molecular weight excluding hydrogens is 294 g/mol. The third-order valence-corrected chi connectivity index (χ3v) is 5.38. The van der Waals surface area contributed by atoms with Gasteiger partial charge in [-0.15, -0.1) is 0 Å². The second-order valence-corrected chi connectivity index (χ2v) is 6.81. The van der Waals surface area contributed by atoms with E-state index in [1.54, 1.807) is 0 Å². The fourth-order valence-electron chi connectivity index (χ4n) is 4.41. The zero-order valence-electron chi connectivity index (χ0n) is 14.1. The molecule has 1 N–H and O–H groups in total. The van der Waals surface area contributed by atoms with Crippen molar-refractivity contribution in [3.05, 3.63) is 12.7 Å². The lowest BCUT2D eigenvalue weighted by atomic mass is 9.88. The van der Waals surface area contributed by atoms with Crippen LogP contribution in [0.1, 0.15) is 45.4 Å². The third-order valence-electron chi connectivity index (χ3n) is 5.38. The summed E-state index contributed by atoms with van der Waals surface area (Å²) in [7, 11) is 0. The summed E-state index contributed by atoms with van der Waals surface area (Å²) < 4.78 is 9.66. The highest BCUT2D eigenvalue weighted by Crippen LogP contribution is 2.51. The molecule has 23 heavy (non-hydrogen) atoms. The maximum atomic E-state index is 11.5. The molecule has 2 fully saturated rings. The van der Waals surface area contributed by atoms with Gasteiger partial charge in [0.25, 0.3) is 0 Å². The normalized spacial score (nSPS) is 28.9. The van der Waals surface area contributed by atoms with Crippen LogP contribution in [-0.2, 0) is 14.3 Å². The fraction of sp³-hybridized carbons (Fsp3) is 0.778. The van der Waals surface area contributed by atoms with E-state index in [0.717, 1.165) is 36.2 Å². The number of carbonyl (C=O) groups excluding carboxylic acids is 2. The van der Waals surface area contributed by atoms with Gasteiger partial charge in [0.1, 0.15) is 13.2 Å². The van der Waals surface area contributed by atoms with Crippen molar-refractivity contribution in [1.29, 1.82) is 0 Å². The Kier molecular flexibility index (Phi) is 6.93. The molecule has 4 atom stereocenters. The highest BCUT2D eigenvalue weighted by molar-refractivity contribution is 5.81. The minimum absolute atomic E-state index is 0.0568. The number of nitrogens with one attached hydrogen (secondary N) is 1. The summed E-state index contributed by atoms with van der Waals surface area (Å²) in [4.78, 5) is 22.3. The van der Waals surface area contributed by atoms with E-state index in [2.05, 4.69) is 18.8 Å². The largest absolute Gasteiger partial charge is 0.459 e. The van der Waals surface area contributed by atoms with E-state index in [-0.39, 0.29) is 13.2 Å². The van der Waals surface area contributed by atoms with Crippen molar-refractivity contribution in [3.8, 4) is 0 Å². The molecule has 0 radical (unpaired) electrons. The minimum atomic E-state index is -0.509. The van der Waals surface area contributed by atoms with Crippen LogP contribution in [0.5, 0.6) is 0 Å². The van der Waals surface area contributed by atoms with Gasteiger partial charge < -0.3 is 14.8 Å². The van der Waals surface area contributed by atoms with Crippen LogP contribution in [0.2, 0.25) is 0 Å². The molecular formula is C18H29NO4. The Morgan fingerprint density at radius 3 is 2.74 bits per heavy atom. The van der Waals surface area contributed by atoms with Crippen LogP contribution in [0.4, 0.5) is 4.79 Å². The lowest BCUT2D eigenvalue weighted by Gasteiger charge is -2.18. The molecule has 5 heteroatoms. The van der Waals surface area contributed by atoms with Gasteiger partial charge in [0.2, 0.25) is 0 Å². The number of hydrogen-bond donors (Lipinski definition) is 1. The van der Waals surface area contributed by atoms with Gasteiger partial charge in [-0.2, -0.15) is 0 Å². The van der Waals surface area contributed by atoms with Gasteiger partial charge in [0.05, 0.1) is 0 Å². The molecule has 0 aromatic heterocycles. The highest BCUT2D eigenvalue weighted by atomic mass is 16.6. The summed E-state index contributed by atoms with van der Waals surface area (Å²) in [5.74, 6) is 3.09. The van der Waals surface area contributed by atoms with Crippen molar-refractivity contribution in [1.82, 2.24) is 5.32 Å². The van der Waals surface area contributed by atoms with Crippen LogP contribution in [0.15, 0.2) is 12.7 Å². The Balaban J connectivity index is 1.51. The fourth-order valence-corrected chi connectivity index (χ4v) is 4.41. The number of carbonyl (C=O) groups is 2. The Morgan fingerprint density at radius 2 is 1.96 bits per heavy atom. The summed E-state index contributed by atoms with van der Waals surface area (Å²) >= 11 is 0. The van der Waals surface area contributed by atoms with Crippen LogP contribution >= 0.6 is 0 Å². The lowest BCUT2D eigenvalue weighted by Crippen LogP contribution is -2.27. The van der Waals surface area contributed by atoms with E-state index in [1.165, 1.54) is 32.1 Å². The number of amides is 1. The van der Waals surface area contributed by atoms with Gasteiger partial charge in [-0.25, -0.2) is 9.59 Å². The highest BCUT2D eigenvalue weighted by Gasteiger charge is 2.42. The van der Waals surface area contributed by atoms with Crippen LogP contribution in [0, 0.1) is 23.7 Å². The summed E-state index contributed by atoms with van der Waals surface area (Å²) in [5, 5.41) is 2.76. The van der Waals surface area contributed by atoms with Crippen molar-refractivity contribution in [2.24, 2.45) is 23.7 Å². The van der Waals surface area contributed by atoms with Gasteiger partial charge in [0.15, 0.2) is 0 Å². The summed E-state index contributed by atoms with van der Waals surface area (Å²) in [6.45, 7) is 6.46. The first-order valence-corrected chi connectivity index (χ1v) is 8.81. The van der Waals surface area contributed by atoms with Gasteiger partial charge >= 0.3 is 12.1 Å². The van der Waals surface area contributed by atoms with Crippen LogP contribution in [0.3, 0.4) is 0 Å². The standard InChI is InChI=1S/C18H29NO4/c1-3-17(20)22-10-11-23-18(21)19-9-5-6-14-12-13(2)15-7-4-8-16(14)15/h3,13-16H,1,4-12H2,2H3,(H,19,21). The van der Waals surface area contributed by atoms with E-state index in [9.17, 15) is 9.59 Å². The van der Waals surface area contributed by atoms with Gasteiger partial charge in [0, 0.05) is 12.6 Å². The summed E-state index contributed by atoms with van der Waals surface area (Å²) in [5.41, 5.74) is 0. The van der Waals surface area contributed by atoms with E-state index in [4.69, 9.17) is 9.47 Å². The predicted molar refractivity (Wildman–Crippen MR) is 87.8 cm³/mol. The molecule has 0 heterocycles. The van der Waals surface area contributed by atoms with Crippen LogP contribution in [0.25, 0.3) is 0 Å². The first kappa shape index (κ1) is 17.8. The van der Waals surface area contributed by atoms with Crippen molar-refractivity contribution in [2.75, 3.05) is 19.8 Å². The monoisotopic (exact) mass is 323 g/mol. The van der Waals surface area contributed by atoms with Crippen molar-refractivity contribution < 1.29 is 19.1 Å². The average Bonchev–Trinajstić information content (AvgIpc) is 3.13. The molecule has 2 aliphatic rings. The maximum absolute atomic E-state index is 11.5. The topological polar surface area (TPSA) is 64.6 Å². The number of fused-ring (bicyclic) bond motifs is 1. The smallest absolute Gasteiger partial charge is 0.407 e. The van der Waals surface area contributed by atoms with Crippen LogP contribution in [-0.4, -0.2) is 31.8 Å². The zero-order valence-corrected chi connectivity index (χ0v) is 14.1. The van der Waals surface area contributed by atoms with Crippen molar-refractivity contribution >= 4 is 12.1 Å².